The molecule has 3 heteroatoms. The lowest BCUT2D eigenvalue weighted by molar-refractivity contribution is 0.100. The Bertz CT molecular complexity index is 748. The minimum atomic E-state index is -0.0223. The largest absolute Gasteiger partial charge is 0.377 e. The van der Waals surface area contributed by atoms with Crippen molar-refractivity contribution in [1.29, 1.82) is 0 Å². The fraction of sp³-hybridized carbons (Fsp3) is 0.476. The van der Waals surface area contributed by atoms with Crippen LogP contribution in [0.15, 0.2) is 24.3 Å². The minimum Gasteiger partial charge on any atom is -0.377 e. The van der Waals surface area contributed by atoms with Crippen LogP contribution < -0.4 is 5.32 Å². The van der Waals surface area contributed by atoms with Gasteiger partial charge < -0.3 is 9.88 Å². The van der Waals surface area contributed by atoms with E-state index in [-0.39, 0.29) is 11.3 Å². The Morgan fingerprint density at radius 3 is 2.38 bits per heavy atom. The van der Waals surface area contributed by atoms with Crippen molar-refractivity contribution >= 4 is 11.5 Å². The normalized spacial score (nSPS) is 11.6. The second-order valence-electron chi connectivity index (χ2n) is 7.53. The molecule has 24 heavy (non-hydrogen) atoms. The fourth-order valence-electron chi connectivity index (χ4n) is 3.62. The molecule has 1 aromatic heterocycles. The van der Waals surface area contributed by atoms with E-state index in [1.54, 1.807) is 0 Å². The standard InChI is InChI=1S/C21H30N2O/c1-8-17-11-9-10-14(2)20(17)22-13-19(24)18-12-15(3)23(16(18)4)21(5,6)7/h9-12,22H,8,13H2,1-7H3. The third-order valence-corrected chi connectivity index (χ3v) is 4.57. The van der Waals surface area contributed by atoms with Crippen molar-refractivity contribution in [2.75, 3.05) is 11.9 Å². The molecule has 0 aliphatic carbocycles. The van der Waals surface area contributed by atoms with Gasteiger partial charge in [0.15, 0.2) is 5.78 Å². The molecule has 0 unspecified atom stereocenters. The number of para-hydroxylation sites is 1. The van der Waals surface area contributed by atoms with Crippen LogP contribution in [0.1, 0.15) is 60.6 Å². The number of carbonyl (C=O) groups is 1. The van der Waals surface area contributed by atoms with E-state index in [1.165, 1.54) is 11.1 Å². The van der Waals surface area contributed by atoms with Gasteiger partial charge in [-0.2, -0.15) is 0 Å². The lowest BCUT2D eigenvalue weighted by atomic mass is 10.0. The Balaban J connectivity index is 2.24. The zero-order valence-corrected chi connectivity index (χ0v) is 16.1. The smallest absolute Gasteiger partial charge is 0.183 e. The number of Topliss-reactive ketones (excluding diaryl/α,β-unsaturated/α-hetero) is 1. The number of hydrogen-bond acceptors (Lipinski definition) is 2. The summed E-state index contributed by atoms with van der Waals surface area (Å²) in [6.45, 7) is 15.2. The molecule has 0 fully saturated rings. The van der Waals surface area contributed by atoms with Gasteiger partial charge in [-0.05, 0) is 65.2 Å². The van der Waals surface area contributed by atoms with E-state index in [0.29, 0.717) is 6.54 Å². The van der Waals surface area contributed by atoms with Crippen LogP contribution in [0.2, 0.25) is 0 Å². The van der Waals surface area contributed by atoms with Gasteiger partial charge in [0.2, 0.25) is 0 Å². The number of ketones is 1. The summed E-state index contributed by atoms with van der Waals surface area (Å²) in [7, 11) is 0. The SMILES string of the molecule is CCc1cccc(C)c1NCC(=O)c1cc(C)n(C(C)(C)C)c1C. The lowest BCUT2D eigenvalue weighted by Crippen LogP contribution is -2.25. The predicted molar refractivity (Wildman–Crippen MR) is 102 cm³/mol. The zero-order valence-electron chi connectivity index (χ0n) is 16.1. The van der Waals surface area contributed by atoms with Crippen molar-refractivity contribution in [2.24, 2.45) is 0 Å². The van der Waals surface area contributed by atoms with E-state index in [2.05, 4.69) is 69.6 Å². The summed E-state index contributed by atoms with van der Waals surface area (Å²) in [5.74, 6) is 0.143. The molecular weight excluding hydrogens is 296 g/mol. The van der Waals surface area contributed by atoms with Gasteiger partial charge in [-0.3, -0.25) is 4.79 Å². The van der Waals surface area contributed by atoms with Gasteiger partial charge in [-0.25, -0.2) is 0 Å². The molecule has 2 rings (SSSR count). The van der Waals surface area contributed by atoms with Gasteiger partial charge in [0.25, 0.3) is 0 Å². The second-order valence-corrected chi connectivity index (χ2v) is 7.53. The van der Waals surface area contributed by atoms with Crippen LogP contribution in [-0.2, 0) is 12.0 Å². The molecule has 0 saturated heterocycles. The van der Waals surface area contributed by atoms with Gasteiger partial charge in [0.05, 0.1) is 6.54 Å². The van der Waals surface area contributed by atoms with Crippen LogP contribution in [0.4, 0.5) is 5.69 Å². The molecule has 130 valence electrons. The first-order valence-corrected chi connectivity index (χ1v) is 8.71. The molecule has 0 amide bonds. The van der Waals surface area contributed by atoms with Gasteiger partial charge in [-0.1, -0.05) is 25.1 Å². The molecule has 1 N–H and O–H groups in total. The Hall–Kier alpha value is -2.03. The highest BCUT2D eigenvalue weighted by molar-refractivity contribution is 6.00. The number of carbonyl (C=O) groups excluding carboxylic acids is 1. The molecule has 0 spiro atoms. The summed E-state index contributed by atoms with van der Waals surface area (Å²) in [6, 6.07) is 8.28. The topological polar surface area (TPSA) is 34.0 Å². The maximum absolute atomic E-state index is 12.8. The Labute approximate surface area is 146 Å². The van der Waals surface area contributed by atoms with Crippen molar-refractivity contribution in [1.82, 2.24) is 4.57 Å². The fourth-order valence-corrected chi connectivity index (χ4v) is 3.62. The molecule has 0 aliphatic heterocycles. The van der Waals surface area contributed by atoms with Crippen LogP contribution in [0.25, 0.3) is 0 Å². The highest BCUT2D eigenvalue weighted by atomic mass is 16.1. The van der Waals surface area contributed by atoms with Crippen molar-refractivity contribution in [3.05, 3.63) is 52.3 Å². The number of nitrogens with one attached hydrogen (secondary N) is 1. The van der Waals surface area contributed by atoms with E-state index in [0.717, 1.165) is 29.1 Å². The number of hydrogen-bond donors (Lipinski definition) is 1. The molecule has 0 atom stereocenters. The number of benzene rings is 1. The molecule has 3 nitrogen and oxygen atoms in total. The Kier molecular flexibility index (Phi) is 5.22. The molecule has 0 aliphatic rings. The van der Waals surface area contributed by atoms with Crippen molar-refractivity contribution in [3.8, 4) is 0 Å². The van der Waals surface area contributed by atoms with Crippen LogP contribution in [0.3, 0.4) is 0 Å². The van der Waals surface area contributed by atoms with Crippen molar-refractivity contribution < 1.29 is 4.79 Å². The number of rotatable bonds is 5. The first-order chi connectivity index (χ1) is 11.2. The first kappa shape index (κ1) is 18.3. The van der Waals surface area contributed by atoms with Gasteiger partial charge >= 0.3 is 0 Å². The number of aryl methyl sites for hydroxylation is 3. The number of anilines is 1. The third kappa shape index (κ3) is 3.55. The molecule has 0 radical (unpaired) electrons. The zero-order chi connectivity index (χ0) is 18.1. The van der Waals surface area contributed by atoms with E-state index < -0.39 is 0 Å². The lowest BCUT2D eigenvalue weighted by Gasteiger charge is -2.25. The third-order valence-electron chi connectivity index (χ3n) is 4.57. The van der Waals surface area contributed by atoms with Crippen LogP contribution in [-0.4, -0.2) is 16.9 Å². The second kappa shape index (κ2) is 6.84. The maximum Gasteiger partial charge on any atom is 0.183 e. The maximum atomic E-state index is 12.8. The molecule has 1 heterocycles. The average Bonchev–Trinajstić information content (AvgIpc) is 2.80. The summed E-state index contributed by atoms with van der Waals surface area (Å²) in [4.78, 5) is 12.8. The summed E-state index contributed by atoms with van der Waals surface area (Å²) < 4.78 is 2.24. The summed E-state index contributed by atoms with van der Waals surface area (Å²) >= 11 is 0. The van der Waals surface area contributed by atoms with Gasteiger partial charge in [0.1, 0.15) is 0 Å². The predicted octanol–water partition coefficient (Wildman–Crippen LogP) is 5.03. The highest BCUT2D eigenvalue weighted by Gasteiger charge is 2.22. The van der Waals surface area contributed by atoms with Crippen LogP contribution >= 0.6 is 0 Å². The Morgan fingerprint density at radius 2 is 1.83 bits per heavy atom. The summed E-state index contributed by atoms with van der Waals surface area (Å²) in [5.41, 5.74) is 6.51. The van der Waals surface area contributed by atoms with Crippen LogP contribution in [0.5, 0.6) is 0 Å². The first-order valence-electron chi connectivity index (χ1n) is 8.71. The number of aromatic nitrogens is 1. The molecule has 1 aromatic carbocycles. The van der Waals surface area contributed by atoms with E-state index in [1.807, 2.05) is 13.0 Å². The minimum absolute atomic E-state index is 0.0223. The van der Waals surface area contributed by atoms with E-state index in [4.69, 9.17) is 0 Å². The summed E-state index contributed by atoms with van der Waals surface area (Å²) in [6.07, 6.45) is 0.955. The van der Waals surface area contributed by atoms with Crippen molar-refractivity contribution in [2.45, 2.75) is 60.4 Å². The summed E-state index contributed by atoms with van der Waals surface area (Å²) in [5, 5.41) is 3.37. The molecular formula is C21H30N2O. The Morgan fingerprint density at radius 1 is 1.17 bits per heavy atom. The molecule has 2 aromatic rings. The van der Waals surface area contributed by atoms with Crippen molar-refractivity contribution in [3.63, 3.8) is 0 Å². The quantitative estimate of drug-likeness (QED) is 0.782. The molecule has 0 saturated carbocycles. The number of nitrogens with zero attached hydrogens (tertiary/aromatic N) is 1. The van der Waals surface area contributed by atoms with Gasteiger partial charge in [-0.15, -0.1) is 0 Å². The van der Waals surface area contributed by atoms with Crippen LogP contribution in [0, 0.1) is 20.8 Å². The highest BCUT2D eigenvalue weighted by Crippen LogP contribution is 2.25. The average molecular weight is 326 g/mol. The molecule has 0 bridgehead atoms. The van der Waals surface area contributed by atoms with Gasteiger partial charge in [0, 0.05) is 28.2 Å². The van der Waals surface area contributed by atoms with E-state index in [9.17, 15) is 4.79 Å². The van der Waals surface area contributed by atoms with E-state index >= 15 is 0 Å². The monoisotopic (exact) mass is 326 g/mol.